The van der Waals surface area contributed by atoms with Gasteiger partial charge in [0.1, 0.15) is 0 Å². The summed E-state index contributed by atoms with van der Waals surface area (Å²) in [6, 6.07) is 10.6. The number of hydrogen-bond donors (Lipinski definition) is 3. The lowest BCUT2D eigenvalue weighted by Gasteiger charge is -2.26. The van der Waals surface area contributed by atoms with Gasteiger partial charge in [0.2, 0.25) is 11.8 Å². The first kappa shape index (κ1) is 51.3. The normalized spacial score (nSPS) is 13.1. The van der Waals surface area contributed by atoms with Crippen LogP contribution in [0.3, 0.4) is 0 Å². The zero-order chi connectivity index (χ0) is 43.2. The second-order valence-corrected chi connectivity index (χ2v) is 17.4. The lowest BCUT2D eigenvalue weighted by molar-refractivity contribution is 0.0600. The number of rotatable bonds is 36. The summed E-state index contributed by atoms with van der Waals surface area (Å²) < 4.78 is 11.1. The topological polar surface area (TPSA) is 126 Å². The van der Waals surface area contributed by atoms with Crippen molar-refractivity contribution in [3.8, 4) is 22.9 Å². The van der Waals surface area contributed by atoms with Crippen LogP contribution in [-0.2, 0) is 4.74 Å². The summed E-state index contributed by atoms with van der Waals surface area (Å²) in [7, 11) is 1.35. The molecule has 3 unspecified atom stereocenters. The number of esters is 1. The quantitative estimate of drug-likeness (QED) is 0.0391. The van der Waals surface area contributed by atoms with Crippen LogP contribution in [0.25, 0.3) is 22.9 Å². The molecule has 0 aliphatic carbocycles. The van der Waals surface area contributed by atoms with E-state index in [9.17, 15) is 20.1 Å². The van der Waals surface area contributed by atoms with E-state index in [1.165, 1.54) is 123 Å². The minimum atomic E-state index is -0.811. The Hall–Kier alpha value is -3.07. The molecule has 338 valence electrons. The van der Waals surface area contributed by atoms with Gasteiger partial charge >= 0.3 is 5.97 Å². The van der Waals surface area contributed by atoms with Gasteiger partial charge in [0.05, 0.1) is 31.0 Å². The molecule has 8 nitrogen and oxygen atoms in total. The molecule has 3 atom stereocenters. The minimum absolute atomic E-state index is 0.273. The molecule has 1 aromatic heterocycles. The number of hydrogen-bond acceptors (Lipinski definition) is 8. The SMILES string of the molecule is CCCCCCCCCCCC(O)c1cc(-c2nnc(-c3ccc(C(=O)OC)cc3)o2)cc(C(O)CCCCCCCCCCC)c1C(O)CCCCCCCCCCC. The summed E-state index contributed by atoms with van der Waals surface area (Å²) in [5, 5.41) is 44.8. The number of aromatic nitrogens is 2. The van der Waals surface area contributed by atoms with Crippen LogP contribution in [0.4, 0.5) is 0 Å². The molecule has 0 spiro atoms. The van der Waals surface area contributed by atoms with Gasteiger partial charge in [-0.25, -0.2) is 4.79 Å². The summed E-state index contributed by atoms with van der Waals surface area (Å²) in [6.07, 6.45) is 31.6. The molecule has 1 heterocycles. The fraction of sp³-hybridized carbons (Fsp3) is 0.712. The fourth-order valence-electron chi connectivity index (χ4n) is 8.48. The van der Waals surface area contributed by atoms with Crippen LogP contribution in [0.15, 0.2) is 40.8 Å². The number of carbonyl (C=O) groups is 1. The maximum absolute atomic E-state index is 12.0. The molecule has 3 rings (SSSR count). The molecule has 2 aromatic carbocycles. The summed E-state index contributed by atoms with van der Waals surface area (Å²) in [5.74, 6) is 0.148. The molecule has 8 heteroatoms. The minimum Gasteiger partial charge on any atom is -0.465 e. The summed E-state index contributed by atoms with van der Waals surface area (Å²) in [5.41, 5.74) is 3.67. The second-order valence-electron chi connectivity index (χ2n) is 17.4. The maximum Gasteiger partial charge on any atom is 0.337 e. The van der Waals surface area contributed by atoms with Crippen LogP contribution in [0.5, 0.6) is 0 Å². The fourth-order valence-corrected chi connectivity index (χ4v) is 8.48. The van der Waals surface area contributed by atoms with Crippen LogP contribution < -0.4 is 0 Å². The molecule has 0 aliphatic rings. The van der Waals surface area contributed by atoms with Gasteiger partial charge in [-0.3, -0.25) is 0 Å². The van der Waals surface area contributed by atoms with E-state index < -0.39 is 24.3 Å². The van der Waals surface area contributed by atoms with Crippen molar-refractivity contribution in [2.75, 3.05) is 7.11 Å². The van der Waals surface area contributed by atoms with E-state index in [0.717, 1.165) is 57.8 Å². The standard InChI is InChI=1S/C52H84N2O6/c1-5-8-11-14-17-20-23-26-29-32-46(55)44-39-43(51-54-53-50(60-51)41-35-37-42(38-36-41)52(58)59-4)40-45(47(56)33-30-27-24-21-18-15-12-9-6-2)49(44)48(57)34-31-28-25-22-19-16-13-10-7-3/h35-40,46-48,55-57H,5-34H2,1-4H3. The van der Waals surface area contributed by atoms with Crippen LogP contribution in [0.2, 0.25) is 0 Å². The highest BCUT2D eigenvalue weighted by molar-refractivity contribution is 5.89. The van der Waals surface area contributed by atoms with Gasteiger partial charge < -0.3 is 24.5 Å². The van der Waals surface area contributed by atoms with E-state index in [1.54, 1.807) is 24.3 Å². The van der Waals surface area contributed by atoms with Gasteiger partial charge in [-0.1, -0.05) is 194 Å². The van der Waals surface area contributed by atoms with Gasteiger partial charge in [-0.15, -0.1) is 10.2 Å². The van der Waals surface area contributed by atoms with E-state index in [1.807, 2.05) is 12.1 Å². The van der Waals surface area contributed by atoms with Crippen molar-refractivity contribution in [2.24, 2.45) is 0 Å². The summed E-state index contributed by atoms with van der Waals surface area (Å²) in [4.78, 5) is 12.0. The average Bonchev–Trinajstić information content (AvgIpc) is 3.77. The number of ether oxygens (including phenoxy) is 1. The van der Waals surface area contributed by atoms with Gasteiger partial charge in [0.15, 0.2) is 0 Å². The number of nitrogens with zero attached hydrogens (tertiary/aromatic N) is 2. The largest absolute Gasteiger partial charge is 0.465 e. The third-order valence-corrected chi connectivity index (χ3v) is 12.3. The first-order valence-electron chi connectivity index (χ1n) is 24.6. The van der Waals surface area contributed by atoms with Crippen molar-refractivity contribution in [3.05, 3.63) is 58.7 Å². The highest BCUT2D eigenvalue weighted by atomic mass is 16.5. The first-order chi connectivity index (χ1) is 29.3. The smallest absolute Gasteiger partial charge is 0.337 e. The number of benzene rings is 2. The predicted molar refractivity (Wildman–Crippen MR) is 247 cm³/mol. The molecule has 0 fully saturated rings. The molecule has 0 saturated heterocycles. The van der Waals surface area contributed by atoms with E-state index in [-0.39, 0.29) is 5.89 Å². The number of methoxy groups -OCH3 is 1. The number of aliphatic hydroxyl groups excluding tert-OH is 3. The van der Waals surface area contributed by atoms with Gasteiger partial charge in [0, 0.05) is 11.1 Å². The van der Waals surface area contributed by atoms with Crippen LogP contribution in [0, 0.1) is 0 Å². The van der Waals surface area contributed by atoms with E-state index in [0.29, 0.717) is 58.5 Å². The Labute approximate surface area is 364 Å². The number of carbonyl (C=O) groups excluding carboxylic acids is 1. The molecule has 3 N–H and O–H groups in total. The second kappa shape index (κ2) is 31.7. The lowest BCUT2D eigenvalue weighted by atomic mass is 9.84. The van der Waals surface area contributed by atoms with Gasteiger partial charge in [-0.2, -0.15) is 0 Å². The Kier molecular flexibility index (Phi) is 27.1. The summed E-state index contributed by atoms with van der Waals surface area (Å²) >= 11 is 0. The Morgan fingerprint density at radius 1 is 0.500 bits per heavy atom. The molecular formula is C52H84N2O6. The molecule has 0 bridgehead atoms. The van der Waals surface area contributed by atoms with Gasteiger partial charge in [-0.05, 0) is 72.4 Å². The molecule has 3 aromatic rings. The summed E-state index contributed by atoms with van der Waals surface area (Å²) in [6.45, 7) is 6.75. The molecule has 60 heavy (non-hydrogen) atoms. The predicted octanol–water partition coefficient (Wildman–Crippen LogP) is 15.1. The van der Waals surface area contributed by atoms with Crippen molar-refractivity contribution in [1.29, 1.82) is 0 Å². The van der Waals surface area contributed by atoms with Crippen molar-refractivity contribution < 1.29 is 29.3 Å². The van der Waals surface area contributed by atoms with E-state index in [4.69, 9.17) is 9.15 Å². The zero-order valence-corrected chi connectivity index (χ0v) is 38.4. The highest BCUT2D eigenvalue weighted by Crippen LogP contribution is 2.40. The van der Waals surface area contributed by atoms with E-state index in [2.05, 4.69) is 31.0 Å². The third-order valence-electron chi connectivity index (χ3n) is 12.3. The van der Waals surface area contributed by atoms with Crippen molar-refractivity contribution >= 4 is 5.97 Å². The highest BCUT2D eigenvalue weighted by Gasteiger charge is 2.27. The zero-order valence-electron chi connectivity index (χ0n) is 38.4. The van der Waals surface area contributed by atoms with Crippen molar-refractivity contribution in [1.82, 2.24) is 10.2 Å². The monoisotopic (exact) mass is 833 g/mol. The molecule has 0 radical (unpaired) electrons. The molecular weight excluding hydrogens is 749 g/mol. The molecule has 0 amide bonds. The molecule has 0 aliphatic heterocycles. The molecule has 0 saturated carbocycles. The first-order valence-corrected chi connectivity index (χ1v) is 24.6. The van der Waals surface area contributed by atoms with Crippen LogP contribution in [0.1, 0.15) is 259 Å². The Bertz CT molecular complexity index is 1490. The van der Waals surface area contributed by atoms with Gasteiger partial charge in [0.25, 0.3) is 0 Å². The number of unbranched alkanes of at least 4 members (excludes halogenated alkanes) is 24. The third kappa shape index (κ3) is 19.3. The van der Waals surface area contributed by atoms with Crippen molar-refractivity contribution in [2.45, 2.75) is 232 Å². The Balaban J connectivity index is 1.87. The van der Waals surface area contributed by atoms with Crippen molar-refractivity contribution in [3.63, 3.8) is 0 Å². The van der Waals surface area contributed by atoms with Crippen LogP contribution in [-0.4, -0.2) is 38.6 Å². The lowest BCUT2D eigenvalue weighted by Crippen LogP contribution is -2.14. The number of aliphatic hydroxyl groups is 3. The van der Waals surface area contributed by atoms with E-state index >= 15 is 0 Å². The average molecular weight is 833 g/mol. The van der Waals surface area contributed by atoms with Crippen LogP contribution >= 0.6 is 0 Å². The maximum atomic E-state index is 12.0. The Morgan fingerprint density at radius 2 is 0.833 bits per heavy atom. The Morgan fingerprint density at radius 3 is 1.20 bits per heavy atom.